The van der Waals surface area contributed by atoms with Gasteiger partial charge in [0, 0.05) is 6.07 Å². The Labute approximate surface area is 94.2 Å². The summed E-state index contributed by atoms with van der Waals surface area (Å²) in [5.41, 5.74) is 0.548. The quantitative estimate of drug-likeness (QED) is 0.795. The molecule has 0 N–H and O–H groups in total. The predicted octanol–water partition coefficient (Wildman–Crippen LogP) is 1.70. The molecule has 1 heterocycles. The van der Waals surface area contributed by atoms with Crippen LogP contribution >= 0.6 is 0 Å². The molecular weight excluding hydrogens is 231 g/mol. The van der Waals surface area contributed by atoms with E-state index in [4.69, 9.17) is 4.74 Å². The van der Waals surface area contributed by atoms with Crippen molar-refractivity contribution in [3.63, 3.8) is 0 Å². The number of sulfone groups is 1. The fourth-order valence-corrected chi connectivity index (χ4v) is 3.28. The molecule has 0 saturated carbocycles. The summed E-state index contributed by atoms with van der Waals surface area (Å²) in [5, 5.41) is 0. The zero-order valence-electron chi connectivity index (χ0n) is 8.94. The number of benzene rings is 1. The lowest BCUT2D eigenvalue weighted by Gasteiger charge is -2.12. The molecule has 0 spiro atoms. The Morgan fingerprint density at radius 1 is 1.44 bits per heavy atom. The first-order valence-corrected chi connectivity index (χ1v) is 6.92. The van der Waals surface area contributed by atoms with Crippen LogP contribution in [0.3, 0.4) is 0 Å². The van der Waals surface area contributed by atoms with Crippen molar-refractivity contribution in [3.05, 3.63) is 29.6 Å². The van der Waals surface area contributed by atoms with Gasteiger partial charge in [-0.05, 0) is 25.0 Å². The Morgan fingerprint density at radius 3 is 2.75 bits per heavy atom. The highest BCUT2D eigenvalue weighted by Gasteiger charge is 2.29. The SMILES string of the molecule is Cc1ccc(OC2CCS(=O)(=O)C2)cc1F. The Bertz CT molecular complexity index is 496. The van der Waals surface area contributed by atoms with E-state index in [2.05, 4.69) is 0 Å². The second kappa shape index (κ2) is 4.05. The average molecular weight is 244 g/mol. The second-order valence-corrected chi connectivity index (χ2v) is 6.28. The average Bonchev–Trinajstić information content (AvgIpc) is 2.52. The zero-order valence-corrected chi connectivity index (χ0v) is 9.76. The molecule has 0 aromatic heterocycles. The summed E-state index contributed by atoms with van der Waals surface area (Å²) in [6, 6.07) is 4.57. The number of halogens is 1. The van der Waals surface area contributed by atoms with Crippen molar-refractivity contribution < 1.29 is 17.5 Å². The van der Waals surface area contributed by atoms with Gasteiger partial charge >= 0.3 is 0 Å². The Morgan fingerprint density at radius 2 is 2.19 bits per heavy atom. The molecule has 1 aromatic rings. The first kappa shape index (κ1) is 11.4. The van der Waals surface area contributed by atoms with E-state index in [-0.39, 0.29) is 23.4 Å². The molecule has 88 valence electrons. The summed E-state index contributed by atoms with van der Waals surface area (Å²) in [6.45, 7) is 1.67. The van der Waals surface area contributed by atoms with Gasteiger partial charge in [0.15, 0.2) is 9.84 Å². The van der Waals surface area contributed by atoms with E-state index in [0.717, 1.165) is 0 Å². The molecule has 16 heavy (non-hydrogen) atoms. The van der Waals surface area contributed by atoms with Crippen LogP contribution in [0.5, 0.6) is 5.75 Å². The van der Waals surface area contributed by atoms with Crippen molar-refractivity contribution in [2.75, 3.05) is 11.5 Å². The van der Waals surface area contributed by atoms with Crippen LogP contribution in [-0.2, 0) is 9.84 Å². The van der Waals surface area contributed by atoms with Crippen LogP contribution in [0.2, 0.25) is 0 Å². The highest BCUT2D eigenvalue weighted by atomic mass is 32.2. The highest BCUT2D eigenvalue weighted by Crippen LogP contribution is 2.21. The first-order valence-electron chi connectivity index (χ1n) is 5.09. The third kappa shape index (κ3) is 2.52. The van der Waals surface area contributed by atoms with Gasteiger partial charge < -0.3 is 4.74 Å². The van der Waals surface area contributed by atoms with Gasteiger partial charge in [-0.15, -0.1) is 0 Å². The van der Waals surface area contributed by atoms with Gasteiger partial charge in [0.1, 0.15) is 17.7 Å². The molecule has 1 aliphatic heterocycles. The van der Waals surface area contributed by atoms with E-state index < -0.39 is 9.84 Å². The van der Waals surface area contributed by atoms with Crippen LogP contribution in [0.15, 0.2) is 18.2 Å². The van der Waals surface area contributed by atoms with E-state index in [1.165, 1.54) is 6.07 Å². The molecule has 5 heteroatoms. The van der Waals surface area contributed by atoms with Gasteiger partial charge in [-0.3, -0.25) is 0 Å². The Hall–Kier alpha value is -1.10. The Balaban J connectivity index is 2.08. The maximum absolute atomic E-state index is 13.2. The second-order valence-electron chi connectivity index (χ2n) is 4.05. The van der Waals surface area contributed by atoms with E-state index >= 15 is 0 Å². The van der Waals surface area contributed by atoms with Crippen LogP contribution in [0, 0.1) is 12.7 Å². The minimum absolute atomic E-state index is 0.0303. The summed E-state index contributed by atoms with van der Waals surface area (Å²) in [6.07, 6.45) is 0.143. The van der Waals surface area contributed by atoms with Gasteiger partial charge in [0.2, 0.25) is 0 Å². The lowest BCUT2D eigenvalue weighted by Crippen LogP contribution is -2.17. The van der Waals surface area contributed by atoms with Gasteiger partial charge in [-0.2, -0.15) is 0 Å². The molecule has 1 fully saturated rings. The van der Waals surface area contributed by atoms with Gasteiger partial charge in [-0.1, -0.05) is 6.07 Å². The predicted molar refractivity (Wildman–Crippen MR) is 58.8 cm³/mol. The molecule has 0 aliphatic carbocycles. The van der Waals surface area contributed by atoms with E-state index in [0.29, 0.717) is 17.7 Å². The standard InChI is InChI=1S/C11H13FO3S/c1-8-2-3-9(6-11(8)12)15-10-4-5-16(13,14)7-10/h2-3,6,10H,4-5,7H2,1H3. The molecule has 1 unspecified atom stereocenters. The molecule has 1 aromatic carbocycles. The number of ether oxygens (including phenoxy) is 1. The minimum Gasteiger partial charge on any atom is -0.489 e. The van der Waals surface area contributed by atoms with Crippen molar-refractivity contribution in [1.82, 2.24) is 0 Å². The van der Waals surface area contributed by atoms with E-state index in [1.807, 2.05) is 0 Å². The lowest BCUT2D eigenvalue weighted by molar-refractivity contribution is 0.228. The molecule has 1 saturated heterocycles. The van der Waals surface area contributed by atoms with Crippen LogP contribution in [-0.4, -0.2) is 26.0 Å². The van der Waals surface area contributed by atoms with Gasteiger partial charge in [-0.25, -0.2) is 12.8 Å². The number of hydrogen-bond donors (Lipinski definition) is 0. The molecule has 2 rings (SSSR count). The molecule has 0 bridgehead atoms. The Kier molecular flexibility index (Phi) is 2.88. The number of rotatable bonds is 2. The normalized spacial score (nSPS) is 23.2. The molecule has 0 radical (unpaired) electrons. The molecule has 0 amide bonds. The van der Waals surface area contributed by atoms with Gasteiger partial charge in [0.05, 0.1) is 11.5 Å². The smallest absolute Gasteiger partial charge is 0.154 e. The van der Waals surface area contributed by atoms with Crippen molar-refractivity contribution in [3.8, 4) is 5.75 Å². The summed E-state index contributed by atoms with van der Waals surface area (Å²) >= 11 is 0. The summed E-state index contributed by atoms with van der Waals surface area (Å²) < 4.78 is 41.0. The summed E-state index contributed by atoms with van der Waals surface area (Å²) in [4.78, 5) is 0. The summed E-state index contributed by atoms with van der Waals surface area (Å²) in [5.74, 6) is 0.248. The number of hydrogen-bond acceptors (Lipinski definition) is 3. The van der Waals surface area contributed by atoms with Crippen molar-refractivity contribution in [2.45, 2.75) is 19.4 Å². The van der Waals surface area contributed by atoms with Crippen LogP contribution in [0.25, 0.3) is 0 Å². The molecular formula is C11H13FO3S. The van der Waals surface area contributed by atoms with E-state index in [9.17, 15) is 12.8 Å². The van der Waals surface area contributed by atoms with Crippen molar-refractivity contribution in [2.24, 2.45) is 0 Å². The highest BCUT2D eigenvalue weighted by molar-refractivity contribution is 7.91. The van der Waals surface area contributed by atoms with Gasteiger partial charge in [0.25, 0.3) is 0 Å². The lowest BCUT2D eigenvalue weighted by atomic mass is 10.2. The van der Waals surface area contributed by atoms with Crippen molar-refractivity contribution in [1.29, 1.82) is 0 Å². The monoisotopic (exact) mass is 244 g/mol. The maximum atomic E-state index is 13.2. The third-order valence-electron chi connectivity index (χ3n) is 2.64. The molecule has 1 aliphatic rings. The number of aryl methyl sites for hydroxylation is 1. The van der Waals surface area contributed by atoms with Crippen molar-refractivity contribution >= 4 is 9.84 Å². The molecule has 3 nitrogen and oxygen atoms in total. The third-order valence-corrected chi connectivity index (χ3v) is 4.37. The zero-order chi connectivity index (χ0) is 11.8. The molecule has 1 atom stereocenters. The minimum atomic E-state index is -2.95. The fraction of sp³-hybridized carbons (Fsp3) is 0.455. The van der Waals surface area contributed by atoms with Crippen LogP contribution < -0.4 is 4.74 Å². The fourth-order valence-electron chi connectivity index (χ4n) is 1.69. The van der Waals surface area contributed by atoms with Crippen LogP contribution in [0.1, 0.15) is 12.0 Å². The first-order chi connectivity index (χ1) is 7.46. The summed E-state index contributed by atoms with van der Waals surface area (Å²) in [7, 11) is -2.95. The van der Waals surface area contributed by atoms with E-state index in [1.54, 1.807) is 19.1 Å². The topological polar surface area (TPSA) is 43.4 Å². The largest absolute Gasteiger partial charge is 0.489 e. The van der Waals surface area contributed by atoms with Crippen LogP contribution in [0.4, 0.5) is 4.39 Å². The maximum Gasteiger partial charge on any atom is 0.154 e.